The average molecular weight is 449 g/mol. The number of hydrogen-bond donors (Lipinski definition) is 1. The van der Waals surface area contributed by atoms with Gasteiger partial charge in [0.05, 0.1) is 11.1 Å². The molecule has 6 nitrogen and oxygen atoms in total. The van der Waals surface area contributed by atoms with Crippen LogP contribution in [0.25, 0.3) is 11.1 Å². The summed E-state index contributed by atoms with van der Waals surface area (Å²) in [5.74, 6) is -0.478. The van der Waals surface area contributed by atoms with Crippen LogP contribution >= 0.6 is 0 Å². The molecule has 1 aliphatic rings. The minimum atomic E-state index is -0.510. The molecule has 0 radical (unpaired) electrons. The van der Waals surface area contributed by atoms with Crippen LogP contribution in [0.2, 0.25) is 0 Å². The first-order chi connectivity index (χ1) is 15.8. The van der Waals surface area contributed by atoms with E-state index in [0.717, 1.165) is 30.4 Å². The second-order valence-electron chi connectivity index (χ2n) is 9.09. The maximum absolute atomic E-state index is 13.2. The summed E-state index contributed by atoms with van der Waals surface area (Å²) in [6, 6.07) is 18.7. The number of hydrogen-bond acceptors (Lipinski definition) is 4. The fourth-order valence-electron chi connectivity index (χ4n) is 3.78. The Bertz CT molecular complexity index is 946. The third-order valence-electron chi connectivity index (χ3n) is 5.27. The predicted molar refractivity (Wildman–Crippen MR) is 129 cm³/mol. The van der Waals surface area contributed by atoms with Gasteiger partial charge in [0.25, 0.3) is 11.8 Å². The molecule has 0 aliphatic carbocycles. The lowest BCUT2D eigenvalue weighted by Gasteiger charge is -2.19. The van der Waals surface area contributed by atoms with E-state index in [2.05, 4.69) is 5.32 Å². The van der Waals surface area contributed by atoms with Crippen molar-refractivity contribution < 1.29 is 19.1 Å². The molecular weight excluding hydrogens is 416 g/mol. The number of rotatable bonds is 9. The van der Waals surface area contributed by atoms with Crippen molar-refractivity contribution in [1.82, 2.24) is 10.2 Å². The van der Waals surface area contributed by atoms with Gasteiger partial charge in [0.1, 0.15) is 5.60 Å². The van der Waals surface area contributed by atoms with Crippen LogP contribution in [0.15, 0.2) is 60.7 Å². The molecule has 2 aromatic carbocycles. The van der Waals surface area contributed by atoms with Gasteiger partial charge in [-0.2, -0.15) is 0 Å². The Kier molecular flexibility index (Phi) is 8.04. The van der Waals surface area contributed by atoms with E-state index in [9.17, 15) is 14.4 Å². The molecule has 0 saturated heterocycles. The zero-order valence-corrected chi connectivity index (χ0v) is 19.6. The van der Waals surface area contributed by atoms with Crippen molar-refractivity contribution in [2.75, 3.05) is 13.1 Å². The molecule has 1 aliphatic heterocycles. The SMILES string of the molecule is CC(C)(C)OC(=O)NCCCCCCN1C(=O)C(c2ccccc2)=C(c2ccccc2)C1=O. The van der Waals surface area contributed by atoms with E-state index in [1.165, 1.54) is 4.90 Å². The van der Waals surface area contributed by atoms with Crippen LogP contribution in [-0.2, 0) is 14.3 Å². The number of amides is 3. The fourth-order valence-corrected chi connectivity index (χ4v) is 3.78. The van der Waals surface area contributed by atoms with Crippen molar-refractivity contribution in [2.24, 2.45) is 0 Å². The third kappa shape index (κ3) is 6.54. The van der Waals surface area contributed by atoms with Crippen molar-refractivity contribution in [1.29, 1.82) is 0 Å². The van der Waals surface area contributed by atoms with Gasteiger partial charge in [0.2, 0.25) is 0 Å². The van der Waals surface area contributed by atoms with Gasteiger partial charge in [-0.05, 0) is 44.7 Å². The van der Waals surface area contributed by atoms with Crippen molar-refractivity contribution in [3.8, 4) is 0 Å². The fraction of sp³-hybridized carbons (Fsp3) is 0.370. The molecule has 3 amide bonds. The Morgan fingerprint density at radius 3 is 1.76 bits per heavy atom. The molecular formula is C27H32N2O4. The third-order valence-corrected chi connectivity index (χ3v) is 5.27. The van der Waals surface area contributed by atoms with Crippen molar-refractivity contribution >= 4 is 29.1 Å². The highest BCUT2D eigenvalue weighted by atomic mass is 16.6. The summed E-state index contributed by atoms with van der Waals surface area (Å²) in [6.45, 7) is 6.40. The molecule has 1 N–H and O–H groups in total. The Morgan fingerprint density at radius 2 is 1.27 bits per heavy atom. The smallest absolute Gasteiger partial charge is 0.407 e. The topological polar surface area (TPSA) is 75.7 Å². The van der Waals surface area contributed by atoms with E-state index in [4.69, 9.17) is 4.74 Å². The van der Waals surface area contributed by atoms with E-state index in [1.54, 1.807) is 0 Å². The van der Waals surface area contributed by atoms with Gasteiger partial charge < -0.3 is 10.1 Å². The normalized spacial score (nSPS) is 14.1. The summed E-state index contributed by atoms with van der Waals surface area (Å²) in [5.41, 5.74) is 1.93. The van der Waals surface area contributed by atoms with Crippen molar-refractivity contribution in [3.05, 3.63) is 71.8 Å². The van der Waals surface area contributed by atoms with Crippen LogP contribution in [0.5, 0.6) is 0 Å². The highest BCUT2D eigenvalue weighted by Crippen LogP contribution is 2.35. The lowest BCUT2D eigenvalue weighted by atomic mass is 9.96. The number of carbonyl (C=O) groups is 3. The second kappa shape index (κ2) is 10.9. The minimum Gasteiger partial charge on any atom is -0.444 e. The first-order valence-electron chi connectivity index (χ1n) is 11.5. The van der Waals surface area contributed by atoms with Gasteiger partial charge in [0.15, 0.2) is 0 Å². The van der Waals surface area contributed by atoms with Gasteiger partial charge in [0, 0.05) is 13.1 Å². The van der Waals surface area contributed by atoms with Crippen LogP contribution < -0.4 is 5.32 Å². The first-order valence-corrected chi connectivity index (χ1v) is 11.5. The number of nitrogens with zero attached hydrogens (tertiary/aromatic N) is 1. The zero-order chi connectivity index (χ0) is 23.8. The van der Waals surface area contributed by atoms with E-state index < -0.39 is 11.7 Å². The highest BCUT2D eigenvalue weighted by Gasteiger charge is 2.38. The summed E-state index contributed by atoms with van der Waals surface area (Å²) in [6.07, 6.45) is 2.85. The number of alkyl carbamates (subject to hydrolysis) is 1. The van der Waals surface area contributed by atoms with Crippen molar-refractivity contribution in [3.63, 3.8) is 0 Å². The molecule has 2 aromatic rings. The molecule has 1 heterocycles. The number of imide groups is 1. The summed E-state index contributed by atoms with van der Waals surface area (Å²) < 4.78 is 5.21. The lowest BCUT2D eigenvalue weighted by molar-refractivity contribution is -0.136. The maximum Gasteiger partial charge on any atom is 0.407 e. The monoisotopic (exact) mass is 448 g/mol. The van der Waals surface area contributed by atoms with Crippen LogP contribution in [0.4, 0.5) is 4.79 Å². The van der Waals surface area contributed by atoms with E-state index in [0.29, 0.717) is 30.7 Å². The molecule has 0 bridgehead atoms. The molecule has 0 atom stereocenters. The second-order valence-corrected chi connectivity index (χ2v) is 9.09. The van der Waals surface area contributed by atoms with Crippen molar-refractivity contribution in [2.45, 2.75) is 52.1 Å². The summed E-state index contributed by atoms with van der Waals surface area (Å²) in [4.78, 5) is 39.5. The molecule has 3 rings (SSSR count). The Labute approximate surface area is 195 Å². The quantitative estimate of drug-likeness (QED) is 0.430. The first kappa shape index (κ1) is 24.2. The lowest BCUT2D eigenvalue weighted by Crippen LogP contribution is -2.33. The van der Waals surface area contributed by atoms with Crippen LogP contribution in [0.1, 0.15) is 57.6 Å². The number of benzene rings is 2. The molecule has 33 heavy (non-hydrogen) atoms. The Balaban J connectivity index is 1.55. The molecule has 0 aromatic heterocycles. The van der Waals surface area contributed by atoms with Gasteiger partial charge in [-0.1, -0.05) is 73.5 Å². The molecule has 0 spiro atoms. The molecule has 0 saturated carbocycles. The van der Waals surface area contributed by atoms with Gasteiger partial charge >= 0.3 is 6.09 Å². The number of carbonyl (C=O) groups excluding carboxylic acids is 3. The molecule has 6 heteroatoms. The van der Waals surface area contributed by atoms with E-state index >= 15 is 0 Å². The summed E-state index contributed by atoms with van der Waals surface area (Å²) in [5, 5.41) is 2.75. The maximum atomic E-state index is 13.2. The Morgan fingerprint density at radius 1 is 0.788 bits per heavy atom. The minimum absolute atomic E-state index is 0.239. The van der Waals surface area contributed by atoms with Gasteiger partial charge in [-0.25, -0.2) is 4.79 Å². The number of unbranched alkanes of at least 4 members (excludes halogenated alkanes) is 3. The van der Waals surface area contributed by atoms with Crippen LogP contribution in [-0.4, -0.2) is 41.5 Å². The van der Waals surface area contributed by atoms with Gasteiger partial charge in [-0.15, -0.1) is 0 Å². The van der Waals surface area contributed by atoms with Crippen LogP contribution in [0, 0.1) is 0 Å². The number of nitrogens with one attached hydrogen (secondary N) is 1. The molecule has 0 unspecified atom stereocenters. The van der Waals surface area contributed by atoms with E-state index in [-0.39, 0.29) is 11.8 Å². The van der Waals surface area contributed by atoms with E-state index in [1.807, 2.05) is 81.4 Å². The zero-order valence-electron chi connectivity index (χ0n) is 19.6. The number of ether oxygens (including phenoxy) is 1. The average Bonchev–Trinajstić information content (AvgIpc) is 3.03. The highest BCUT2D eigenvalue weighted by molar-refractivity contribution is 6.48. The molecule has 174 valence electrons. The standard InChI is InChI=1S/C27H32N2O4/c1-27(2,3)33-26(32)28-18-12-4-5-13-19-29-24(30)22(20-14-8-6-9-15-20)23(25(29)31)21-16-10-7-11-17-21/h6-11,14-17H,4-5,12-13,18-19H2,1-3H3,(H,28,32). The molecule has 0 fully saturated rings. The summed E-state index contributed by atoms with van der Waals surface area (Å²) in [7, 11) is 0. The van der Waals surface area contributed by atoms with Gasteiger partial charge in [-0.3, -0.25) is 14.5 Å². The van der Waals surface area contributed by atoms with Crippen LogP contribution in [0.3, 0.4) is 0 Å². The summed E-state index contributed by atoms with van der Waals surface area (Å²) >= 11 is 0. The predicted octanol–water partition coefficient (Wildman–Crippen LogP) is 5.05. The Hall–Kier alpha value is -3.41. The largest absolute Gasteiger partial charge is 0.444 e.